The molecule has 154 valence electrons. The van der Waals surface area contributed by atoms with E-state index in [-0.39, 0.29) is 17.3 Å². The van der Waals surface area contributed by atoms with E-state index in [0.717, 1.165) is 18.4 Å². The van der Waals surface area contributed by atoms with E-state index >= 15 is 0 Å². The molecule has 0 bridgehead atoms. The fourth-order valence-corrected chi connectivity index (χ4v) is 3.67. The van der Waals surface area contributed by atoms with Crippen molar-refractivity contribution in [1.29, 1.82) is 0 Å². The van der Waals surface area contributed by atoms with Crippen molar-refractivity contribution >= 4 is 11.6 Å². The lowest BCUT2D eigenvalue weighted by Crippen LogP contribution is -2.37. The molecule has 3 aromatic rings. The number of amides is 1. The number of nitro groups is 1. The van der Waals surface area contributed by atoms with Gasteiger partial charge in [0.25, 0.3) is 11.6 Å². The monoisotopic (exact) mass is 405 g/mol. The van der Waals surface area contributed by atoms with Gasteiger partial charge in [-0.25, -0.2) is 4.68 Å². The van der Waals surface area contributed by atoms with Gasteiger partial charge in [-0.05, 0) is 37.3 Å². The molecule has 0 unspecified atom stereocenters. The predicted molar refractivity (Wildman–Crippen MR) is 111 cm³/mol. The quantitative estimate of drug-likeness (QED) is 0.438. The largest absolute Gasteiger partial charge is 0.333 e. The van der Waals surface area contributed by atoms with Gasteiger partial charge in [0, 0.05) is 25.2 Å². The third kappa shape index (κ3) is 4.07. The van der Waals surface area contributed by atoms with E-state index < -0.39 is 4.92 Å². The zero-order valence-corrected chi connectivity index (χ0v) is 16.8. The summed E-state index contributed by atoms with van der Waals surface area (Å²) < 4.78 is 1.48. The fraction of sp³-hybridized carbons (Fsp3) is 0.318. The van der Waals surface area contributed by atoms with Crippen molar-refractivity contribution in [2.24, 2.45) is 5.92 Å². The third-order valence-electron chi connectivity index (χ3n) is 5.59. The summed E-state index contributed by atoms with van der Waals surface area (Å²) in [7, 11) is 0. The van der Waals surface area contributed by atoms with Crippen LogP contribution in [0.5, 0.6) is 0 Å². The van der Waals surface area contributed by atoms with Crippen molar-refractivity contribution < 1.29 is 9.72 Å². The van der Waals surface area contributed by atoms with Crippen LogP contribution < -0.4 is 0 Å². The molecule has 30 heavy (non-hydrogen) atoms. The molecule has 0 N–H and O–H groups in total. The standard InChI is InChI=1S/C22H23N5O3/c1-16-21(23-24-26(16)19-11-6-12-20(13-19)27(29)30)22(28)25(15-18-9-5-10-18)14-17-7-3-2-4-8-17/h2-4,6-8,11-13,18H,5,9-10,14-15H2,1H3. The summed E-state index contributed by atoms with van der Waals surface area (Å²) in [6.45, 7) is 2.96. The molecule has 8 heteroatoms. The molecule has 1 fully saturated rings. The molecule has 1 aliphatic rings. The van der Waals surface area contributed by atoms with Gasteiger partial charge in [0.2, 0.25) is 0 Å². The maximum absolute atomic E-state index is 13.4. The van der Waals surface area contributed by atoms with E-state index in [2.05, 4.69) is 10.3 Å². The Bertz CT molecular complexity index is 1060. The highest BCUT2D eigenvalue weighted by Gasteiger charge is 2.28. The summed E-state index contributed by atoms with van der Waals surface area (Å²) in [4.78, 5) is 25.8. The summed E-state index contributed by atoms with van der Waals surface area (Å²) in [5.74, 6) is 0.352. The van der Waals surface area contributed by atoms with Gasteiger partial charge in [0.05, 0.1) is 16.3 Å². The molecule has 1 amide bonds. The molecular formula is C22H23N5O3. The topological polar surface area (TPSA) is 94.2 Å². The van der Waals surface area contributed by atoms with Crippen LogP contribution in [0.2, 0.25) is 0 Å². The van der Waals surface area contributed by atoms with Crippen LogP contribution in [-0.2, 0) is 6.54 Å². The molecule has 0 radical (unpaired) electrons. The maximum atomic E-state index is 13.4. The Kier molecular flexibility index (Phi) is 5.56. The molecule has 0 saturated heterocycles. The van der Waals surface area contributed by atoms with Gasteiger partial charge >= 0.3 is 0 Å². The van der Waals surface area contributed by atoms with Crippen molar-refractivity contribution in [3.63, 3.8) is 0 Å². The molecule has 1 saturated carbocycles. The van der Waals surface area contributed by atoms with E-state index in [0.29, 0.717) is 30.4 Å². The lowest BCUT2D eigenvalue weighted by atomic mass is 9.85. The van der Waals surface area contributed by atoms with Gasteiger partial charge in [-0.15, -0.1) is 5.10 Å². The Labute approximate surface area is 174 Å². The van der Waals surface area contributed by atoms with E-state index in [4.69, 9.17) is 0 Å². The van der Waals surface area contributed by atoms with Crippen molar-refractivity contribution in [2.45, 2.75) is 32.7 Å². The molecule has 0 atom stereocenters. The van der Waals surface area contributed by atoms with Gasteiger partial charge in [0.1, 0.15) is 0 Å². The molecule has 8 nitrogen and oxygen atoms in total. The second-order valence-electron chi connectivity index (χ2n) is 7.68. The van der Waals surface area contributed by atoms with Crippen LogP contribution >= 0.6 is 0 Å². The molecule has 1 heterocycles. The number of hydrogen-bond donors (Lipinski definition) is 0. The minimum Gasteiger partial charge on any atom is -0.333 e. The molecule has 4 rings (SSSR count). The van der Waals surface area contributed by atoms with Crippen LogP contribution in [-0.4, -0.2) is 37.3 Å². The first-order chi connectivity index (χ1) is 14.5. The van der Waals surface area contributed by atoms with Crippen LogP contribution in [0.25, 0.3) is 5.69 Å². The first kappa shape index (κ1) is 19.8. The SMILES string of the molecule is Cc1c(C(=O)N(Cc2ccccc2)CC2CCC2)nnn1-c1cccc([N+](=O)[O-])c1. The molecule has 1 aliphatic carbocycles. The number of benzene rings is 2. The molecular weight excluding hydrogens is 382 g/mol. The molecule has 0 spiro atoms. The van der Waals surface area contributed by atoms with Gasteiger partial charge < -0.3 is 4.90 Å². The zero-order valence-electron chi connectivity index (χ0n) is 16.8. The number of non-ortho nitro benzene ring substituents is 1. The van der Waals surface area contributed by atoms with Crippen molar-refractivity contribution in [3.05, 3.63) is 81.7 Å². The summed E-state index contributed by atoms with van der Waals surface area (Å²) in [6, 6.07) is 16.0. The zero-order chi connectivity index (χ0) is 21.1. The van der Waals surface area contributed by atoms with Gasteiger partial charge in [-0.3, -0.25) is 14.9 Å². The van der Waals surface area contributed by atoms with Gasteiger partial charge in [-0.1, -0.05) is 48.0 Å². The molecule has 0 aliphatic heterocycles. The van der Waals surface area contributed by atoms with Crippen LogP contribution in [0.1, 0.15) is 41.0 Å². The number of aromatic nitrogens is 3. The molecule has 1 aromatic heterocycles. The van der Waals surface area contributed by atoms with Crippen molar-refractivity contribution in [3.8, 4) is 5.69 Å². The number of hydrogen-bond acceptors (Lipinski definition) is 5. The number of nitro benzene ring substituents is 1. The number of carbonyl (C=O) groups is 1. The fourth-order valence-electron chi connectivity index (χ4n) is 3.67. The van der Waals surface area contributed by atoms with E-state index in [9.17, 15) is 14.9 Å². The highest BCUT2D eigenvalue weighted by atomic mass is 16.6. The average molecular weight is 405 g/mol. The number of carbonyl (C=O) groups excluding carboxylic acids is 1. The number of rotatable bonds is 7. The number of nitrogens with zero attached hydrogens (tertiary/aromatic N) is 5. The van der Waals surface area contributed by atoms with E-state index in [1.807, 2.05) is 35.2 Å². The highest BCUT2D eigenvalue weighted by molar-refractivity contribution is 5.93. The Morgan fingerprint density at radius 2 is 1.97 bits per heavy atom. The first-order valence-electron chi connectivity index (χ1n) is 10.0. The van der Waals surface area contributed by atoms with Crippen molar-refractivity contribution in [2.75, 3.05) is 6.54 Å². The smallest absolute Gasteiger partial charge is 0.276 e. The lowest BCUT2D eigenvalue weighted by molar-refractivity contribution is -0.384. The van der Waals surface area contributed by atoms with Gasteiger partial charge in [-0.2, -0.15) is 0 Å². The average Bonchev–Trinajstić information content (AvgIpc) is 3.11. The second-order valence-corrected chi connectivity index (χ2v) is 7.68. The van der Waals surface area contributed by atoms with Crippen LogP contribution in [0.15, 0.2) is 54.6 Å². The van der Waals surface area contributed by atoms with E-state index in [1.165, 1.54) is 23.2 Å². The highest BCUT2D eigenvalue weighted by Crippen LogP contribution is 2.28. The Morgan fingerprint density at radius 3 is 2.63 bits per heavy atom. The minimum absolute atomic E-state index is 0.0361. The lowest BCUT2D eigenvalue weighted by Gasteiger charge is -2.32. The normalized spacial score (nSPS) is 13.6. The summed E-state index contributed by atoms with van der Waals surface area (Å²) >= 11 is 0. The predicted octanol–water partition coefficient (Wildman–Crippen LogP) is 3.93. The minimum atomic E-state index is -0.456. The molecule has 2 aromatic carbocycles. The van der Waals surface area contributed by atoms with Crippen LogP contribution in [0, 0.1) is 23.0 Å². The van der Waals surface area contributed by atoms with Crippen LogP contribution in [0.4, 0.5) is 5.69 Å². The summed E-state index contributed by atoms with van der Waals surface area (Å²) in [5.41, 5.74) is 2.37. The maximum Gasteiger partial charge on any atom is 0.276 e. The first-order valence-corrected chi connectivity index (χ1v) is 10.0. The van der Waals surface area contributed by atoms with Crippen LogP contribution in [0.3, 0.4) is 0 Å². The third-order valence-corrected chi connectivity index (χ3v) is 5.59. The Balaban J connectivity index is 1.61. The van der Waals surface area contributed by atoms with E-state index in [1.54, 1.807) is 19.1 Å². The Morgan fingerprint density at radius 1 is 1.20 bits per heavy atom. The Hall–Kier alpha value is -3.55. The second kappa shape index (κ2) is 8.44. The summed E-state index contributed by atoms with van der Waals surface area (Å²) in [6.07, 6.45) is 3.48. The van der Waals surface area contributed by atoms with Crippen molar-refractivity contribution in [1.82, 2.24) is 19.9 Å². The van der Waals surface area contributed by atoms with Gasteiger partial charge in [0.15, 0.2) is 5.69 Å². The summed E-state index contributed by atoms with van der Waals surface area (Å²) in [5, 5.41) is 19.3.